The van der Waals surface area contributed by atoms with Gasteiger partial charge in [-0.05, 0) is 62.7 Å². The molecule has 0 aliphatic heterocycles. The summed E-state index contributed by atoms with van der Waals surface area (Å²) in [6.07, 6.45) is 5.70. The molecule has 9 heteroatoms. The van der Waals surface area contributed by atoms with Gasteiger partial charge in [0.1, 0.15) is 21.5 Å². The zero-order valence-electron chi connectivity index (χ0n) is 21.0. The van der Waals surface area contributed by atoms with Gasteiger partial charge in [-0.25, -0.2) is 17.8 Å². The van der Waals surface area contributed by atoms with Gasteiger partial charge in [0.05, 0.1) is 10.5 Å². The highest BCUT2D eigenvalue weighted by atomic mass is 32.2. The standard InChI is InChI=1S/C21H23N2O2.C7H8O4S/c1-4-11-22-12-9-16(10-13-22)19-14-17-7-8-18(23(5-2)6-3)15-20(17)25-21(19)24;1-5-2-3-6(8)4-7(5)12(9,10)11/h4,7-10,12-15H,1,5-6,11H2,2-3H3;2-4,8H,1H3,(H,9,10,11)/q+1;/p-1. The number of anilines is 1. The number of aromatic nitrogens is 1. The summed E-state index contributed by atoms with van der Waals surface area (Å²) in [6, 6.07) is 15.4. The Labute approximate surface area is 216 Å². The van der Waals surface area contributed by atoms with E-state index in [0.717, 1.165) is 42.3 Å². The number of phenols is 1. The summed E-state index contributed by atoms with van der Waals surface area (Å²) < 4.78 is 39.2. The Morgan fingerprint density at radius 3 is 2.30 bits per heavy atom. The Bertz CT molecular complexity index is 1560. The van der Waals surface area contributed by atoms with E-state index in [1.807, 2.05) is 53.4 Å². The molecule has 0 radical (unpaired) electrons. The molecule has 8 nitrogen and oxygen atoms in total. The molecule has 1 N–H and O–H groups in total. The van der Waals surface area contributed by atoms with E-state index >= 15 is 0 Å². The van der Waals surface area contributed by atoms with Gasteiger partial charge in [0.15, 0.2) is 18.9 Å². The predicted molar refractivity (Wildman–Crippen MR) is 143 cm³/mol. The van der Waals surface area contributed by atoms with Gasteiger partial charge >= 0.3 is 5.63 Å². The summed E-state index contributed by atoms with van der Waals surface area (Å²) in [5.41, 5.74) is 3.14. The summed E-state index contributed by atoms with van der Waals surface area (Å²) in [7, 11) is -4.47. The first kappa shape index (κ1) is 27.6. The van der Waals surface area contributed by atoms with Crippen LogP contribution in [0.1, 0.15) is 19.4 Å². The van der Waals surface area contributed by atoms with E-state index in [0.29, 0.717) is 16.7 Å². The van der Waals surface area contributed by atoms with Crippen LogP contribution in [0.2, 0.25) is 0 Å². The Balaban J connectivity index is 0.000000266. The van der Waals surface area contributed by atoms with Crippen molar-refractivity contribution >= 4 is 26.8 Å². The van der Waals surface area contributed by atoms with Gasteiger partial charge in [-0.2, -0.15) is 0 Å². The van der Waals surface area contributed by atoms with Crippen LogP contribution in [0.4, 0.5) is 5.69 Å². The third-order valence-electron chi connectivity index (χ3n) is 5.83. The van der Waals surface area contributed by atoms with E-state index in [4.69, 9.17) is 9.52 Å². The number of rotatable bonds is 7. The third-order valence-corrected chi connectivity index (χ3v) is 6.81. The van der Waals surface area contributed by atoms with Crippen LogP contribution in [0.25, 0.3) is 22.1 Å². The summed E-state index contributed by atoms with van der Waals surface area (Å²) >= 11 is 0. The molecule has 0 atom stereocenters. The molecule has 4 rings (SSSR count). The number of fused-ring (bicyclic) bond motifs is 1. The summed E-state index contributed by atoms with van der Waals surface area (Å²) in [4.78, 5) is 14.3. The van der Waals surface area contributed by atoms with Crippen LogP contribution in [0, 0.1) is 6.92 Å². The molecule has 0 amide bonds. The molecule has 0 aliphatic carbocycles. The number of benzene rings is 2. The molecule has 2 aromatic carbocycles. The summed E-state index contributed by atoms with van der Waals surface area (Å²) in [6.45, 7) is 12.0. The van der Waals surface area contributed by atoms with Gasteiger partial charge in [-0.1, -0.05) is 12.6 Å². The van der Waals surface area contributed by atoms with Crippen LogP contribution >= 0.6 is 0 Å². The van der Waals surface area contributed by atoms with Crippen LogP contribution in [0.15, 0.2) is 93.8 Å². The fourth-order valence-electron chi connectivity index (χ4n) is 3.85. The number of pyridine rings is 1. The fourth-order valence-corrected chi connectivity index (χ4v) is 4.58. The minimum Gasteiger partial charge on any atom is -0.744 e. The molecule has 0 bridgehead atoms. The number of allylic oxidation sites excluding steroid dienone is 1. The molecular weight excluding hydrogens is 492 g/mol. The molecular formula is C28H30N2O6S. The zero-order chi connectivity index (χ0) is 27.2. The Morgan fingerprint density at radius 1 is 1.05 bits per heavy atom. The highest BCUT2D eigenvalue weighted by molar-refractivity contribution is 7.85. The van der Waals surface area contributed by atoms with Crippen molar-refractivity contribution in [2.45, 2.75) is 32.2 Å². The van der Waals surface area contributed by atoms with Gasteiger partial charge in [0.25, 0.3) is 0 Å². The lowest BCUT2D eigenvalue weighted by atomic mass is 10.1. The van der Waals surface area contributed by atoms with Crippen LogP contribution in [-0.4, -0.2) is 31.2 Å². The summed E-state index contributed by atoms with van der Waals surface area (Å²) in [5, 5.41) is 9.82. The van der Waals surface area contributed by atoms with Crippen molar-refractivity contribution in [3.05, 3.63) is 95.6 Å². The zero-order valence-corrected chi connectivity index (χ0v) is 21.9. The van der Waals surface area contributed by atoms with E-state index in [2.05, 4.69) is 31.4 Å². The molecule has 2 heterocycles. The lowest BCUT2D eigenvalue weighted by Gasteiger charge is -2.21. The number of aromatic hydroxyl groups is 1. The van der Waals surface area contributed by atoms with Crippen LogP contribution in [0.5, 0.6) is 5.75 Å². The average Bonchev–Trinajstić information content (AvgIpc) is 2.86. The average molecular weight is 523 g/mol. The van der Waals surface area contributed by atoms with E-state index in [-0.39, 0.29) is 16.3 Å². The van der Waals surface area contributed by atoms with Crippen molar-refractivity contribution in [3.63, 3.8) is 0 Å². The largest absolute Gasteiger partial charge is 0.744 e. The smallest absolute Gasteiger partial charge is 0.344 e. The minimum absolute atomic E-state index is 0.227. The number of hydrogen-bond acceptors (Lipinski definition) is 7. The molecule has 0 spiro atoms. The van der Waals surface area contributed by atoms with E-state index in [9.17, 15) is 17.8 Å². The third kappa shape index (κ3) is 6.84. The maximum atomic E-state index is 12.5. The first-order valence-corrected chi connectivity index (χ1v) is 13.2. The second-order valence-corrected chi connectivity index (χ2v) is 9.67. The van der Waals surface area contributed by atoms with Gasteiger partial charge < -0.3 is 19.0 Å². The van der Waals surface area contributed by atoms with E-state index in [1.165, 1.54) is 19.1 Å². The first-order chi connectivity index (χ1) is 17.6. The Kier molecular flexibility index (Phi) is 8.86. The van der Waals surface area contributed by atoms with Gasteiger partial charge in [0, 0.05) is 47.9 Å². The SMILES string of the molecule is C=CC[n+]1ccc(-c2cc3ccc(N(CC)CC)cc3oc2=O)cc1.Cc1ccc(O)cc1S(=O)(=O)[O-]. The minimum atomic E-state index is -4.47. The Hall–Kier alpha value is -3.95. The topological polar surface area (TPSA) is 115 Å². The molecule has 0 aliphatic rings. The molecule has 0 saturated carbocycles. The normalized spacial score (nSPS) is 11.0. The monoisotopic (exact) mass is 522 g/mol. The van der Waals surface area contributed by atoms with Crippen molar-refractivity contribution in [2.75, 3.05) is 18.0 Å². The lowest BCUT2D eigenvalue weighted by molar-refractivity contribution is -0.686. The van der Waals surface area contributed by atoms with E-state index in [1.54, 1.807) is 0 Å². The molecule has 0 saturated heterocycles. The molecule has 194 valence electrons. The Morgan fingerprint density at radius 2 is 1.73 bits per heavy atom. The van der Waals surface area contributed by atoms with Crippen molar-refractivity contribution in [1.82, 2.24) is 0 Å². The summed E-state index contributed by atoms with van der Waals surface area (Å²) in [5.74, 6) is -0.227. The molecule has 37 heavy (non-hydrogen) atoms. The van der Waals surface area contributed by atoms with Crippen molar-refractivity contribution in [3.8, 4) is 16.9 Å². The second kappa shape index (κ2) is 11.9. The maximum absolute atomic E-state index is 12.5. The highest BCUT2D eigenvalue weighted by Crippen LogP contribution is 2.25. The van der Waals surface area contributed by atoms with Crippen molar-refractivity contribution in [2.24, 2.45) is 0 Å². The van der Waals surface area contributed by atoms with Crippen LogP contribution < -0.4 is 15.1 Å². The number of aryl methyl sites for hydroxylation is 1. The van der Waals surface area contributed by atoms with Gasteiger partial charge in [-0.3, -0.25) is 0 Å². The molecule has 0 unspecified atom stereocenters. The number of hydrogen-bond donors (Lipinski definition) is 1. The molecule has 4 aromatic rings. The number of phenolic OH excluding ortho intramolecular Hbond substituents is 1. The highest BCUT2D eigenvalue weighted by Gasteiger charge is 2.11. The lowest BCUT2D eigenvalue weighted by Crippen LogP contribution is -2.31. The predicted octanol–water partition coefficient (Wildman–Crippen LogP) is 4.38. The van der Waals surface area contributed by atoms with Crippen LogP contribution in [0.3, 0.4) is 0 Å². The van der Waals surface area contributed by atoms with E-state index < -0.39 is 10.1 Å². The van der Waals surface area contributed by atoms with Crippen LogP contribution in [-0.2, 0) is 16.7 Å². The van der Waals surface area contributed by atoms with Gasteiger partial charge in [0.2, 0.25) is 0 Å². The number of nitrogens with zero attached hydrogens (tertiary/aromatic N) is 2. The van der Waals surface area contributed by atoms with Crippen molar-refractivity contribution in [1.29, 1.82) is 0 Å². The second-order valence-electron chi connectivity index (χ2n) is 8.32. The van der Waals surface area contributed by atoms with Crippen molar-refractivity contribution < 1.29 is 27.1 Å². The first-order valence-electron chi connectivity index (χ1n) is 11.8. The molecule has 0 fully saturated rings. The molecule has 2 aromatic heterocycles. The van der Waals surface area contributed by atoms with Gasteiger partial charge in [-0.15, -0.1) is 0 Å². The quantitative estimate of drug-likeness (QED) is 0.166. The maximum Gasteiger partial charge on any atom is 0.344 e. The fraction of sp³-hybridized carbons (Fsp3) is 0.214.